The fraction of sp³-hybridized carbons (Fsp3) is 0.381. The van der Waals surface area contributed by atoms with E-state index in [4.69, 9.17) is 11.6 Å². The van der Waals surface area contributed by atoms with E-state index in [0.717, 1.165) is 67.5 Å². The highest BCUT2D eigenvalue weighted by Crippen LogP contribution is 2.25. The molecule has 1 aliphatic heterocycles. The van der Waals surface area contributed by atoms with E-state index in [0.29, 0.717) is 11.1 Å². The monoisotopic (exact) mass is 411 g/mol. The summed E-state index contributed by atoms with van der Waals surface area (Å²) < 4.78 is 0. The summed E-state index contributed by atoms with van der Waals surface area (Å²) in [5.74, 6) is 2.70. The average molecular weight is 412 g/mol. The summed E-state index contributed by atoms with van der Waals surface area (Å²) in [7, 11) is 1.80. The number of imidazole rings is 1. The molecule has 7 nitrogen and oxygen atoms in total. The zero-order chi connectivity index (χ0) is 20.1. The molecule has 1 atom stereocenters. The van der Waals surface area contributed by atoms with E-state index < -0.39 is 0 Å². The molecule has 2 aromatic heterocycles. The Morgan fingerprint density at radius 1 is 1.31 bits per heavy atom. The van der Waals surface area contributed by atoms with Crippen molar-refractivity contribution in [2.24, 2.45) is 4.99 Å². The molecule has 1 saturated heterocycles. The Balaban J connectivity index is 1.22. The van der Waals surface area contributed by atoms with Crippen LogP contribution in [0.4, 0.5) is 5.82 Å². The van der Waals surface area contributed by atoms with Gasteiger partial charge in [-0.05, 0) is 37.1 Å². The van der Waals surface area contributed by atoms with E-state index >= 15 is 0 Å². The second-order valence-corrected chi connectivity index (χ2v) is 7.60. The molecular formula is C21H26ClN7. The van der Waals surface area contributed by atoms with Gasteiger partial charge in [0.15, 0.2) is 5.96 Å². The summed E-state index contributed by atoms with van der Waals surface area (Å²) in [6.07, 6.45) is 4.67. The number of rotatable bonds is 6. The third-order valence-electron chi connectivity index (χ3n) is 5.11. The maximum absolute atomic E-state index is 6.28. The quantitative estimate of drug-likeness (QED) is 0.330. The number of nitrogens with zero attached hydrogens (tertiary/aromatic N) is 4. The lowest BCUT2D eigenvalue weighted by atomic mass is 10.2. The molecule has 3 heterocycles. The van der Waals surface area contributed by atoms with Crippen molar-refractivity contribution in [1.29, 1.82) is 0 Å². The van der Waals surface area contributed by atoms with E-state index in [-0.39, 0.29) is 0 Å². The van der Waals surface area contributed by atoms with Gasteiger partial charge in [-0.1, -0.05) is 23.7 Å². The number of nitrogens with one attached hydrogen (secondary N) is 3. The number of halogens is 1. The van der Waals surface area contributed by atoms with Crippen molar-refractivity contribution in [1.82, 2.24) is 25.6 Å². The topological polar surface area (TPSA) is 81.2 Å². The molecule has 1 aromatic carbocycles. The lowest BCUT2D eigenvalue weighted by Crippen LogP contribution is -2.45. The molecule has 8 heteroatoms. The summed E-state index contributed by atoms with van der Waals surface area (Å²) in [6, 6.07) is 12.2. The molecule has 1 unspecified atom stereocenters. The second kappa shape index (κ2) is 9.13. The zero-order valence-electron chi connectivity index (χ0n) is 16.5. The van der Waals surface area contributed by atoms with E-state index in [1.807, 2.05) is 30.3 Å². The van der Waals surface area contributed by atoms with Gasteiger partial charge in [0.1, 0.15) is 11.6 Å². The fourth-order valence-electron chi connectivity index (χ4n) is 3.66. The summed E-state index contributed by atoms with van der Waals surface area (Å²) in [6.45, 7) is 2.62. The van der Waals surface area contributed by atoms with Crippen LogP contribution in [0, 0.1) is 0 Å². The summed E-state index contributed by atoms with van der Waals surface area (Å²) >= 11 is 6.28. The van der Waals surface area contributed by atoms with Crippen molar-refractivity contribution in [2.75, 3.05) is 31.6 Å². The Bertz CT molecular complexity index is 951. The lowest BCUT2D eigenvalue weighted by molar-refractivity contribution is 0.641. The van der Waals surface area contributed by atoms with Crippen LogP contribution in [0.25, 0.3) is 11.0 Å². The predicted molar refractivity (Wildman–Crippen MR) is 119 cm³/mol. The number of fused-ring (bicyclic) bond motifs is 1. The predicted octanol–water partition coefficient (Wildman–Crippen LogP) is 2.99. The van der Waals surface area contributed by atoms with Crippen molar-refractivity contribution in [3.8, 4) is 0 Å². The van der Waals surface area contributed by atoms with Crippen LogP contribution in [0.2, 0.25) is 5.02 Å². The molecule has 1 aliphatic rings. The molecule has 0 aliphatic carbocycles. The molecule has 3 aromatic rings. The summed E-state index contributed by atoms with van der Waals surface area (Å²) in [5, 5.41) is 7.61. The maximum Gasteiger partial charge on any atom is 0.191 e. The first-order valence-electron chi connectivity index (χ1n) is 9.99. The van der Waals surface area contributed by atoms with Crippen LogP contribution in [0.5, 0.6) is 0 Å². The molecule has 0 spiro atoms. The van der Waals surface area contributed by atoms with Crippen molar-refractivity contribution in [2.45, 2.75) is 25.3 Å². The number of aromatic nitrogens is 3. The van der Waals surface area contributed by atoms with Gasteiger partial charge in [0, 0.05) is 45.3 Å². The van der Waals surface area contributed by atoms with Crippen LogP contribution in [0.1, 0.15) is 18.7 Å². The highest BCUT2D eigenvalue weighted by Gasteiger charge is 2.25. The first kappa shape index (κ1) is 19.5. The molecule has 3 N–H and O–H groups in total. The number of benzene rings is 1. The minimum Gasteiger partial charge on any atom is -0.356 e. The number of H-pyrrole nitrogens is 1. The molecule has 0 bridgehead atoms. The van der Waals surface area contributed by atoms with Gasteiger partial charge in [0.05, 0.1) is 16.1 Å². The third-order valence-corrected chi connectivity index (χ3v) is 5.41. The number of hydrogen-bond donors (Lipinski definition) is 3. The van der Waals surface area contributed by atoms with Gasteiger partial charge in [0.25, 0.3) is 0 Å². The third kappa shape index (κ3) is 4.79. The fourth-order valence-corrected chi connectivity index (χ4v) is 3.90. The van der Waals surface area contributed by atoms with Crippen LogP contribution in [-0.2, 0) is 6.42 Å². The molecule has 4 rings (SSSR count). The number of aryl methyl sites for hydroxylation is 1. The number of aliphatic imine (C=N–C) groups is 1. The number of pyridine rings is 1. The van der Waals surface area contributed by atoms with Gasteiger partial charge in [-0.3, -0.25) is 4.99 Å². The zero-order valence-corrected chi connectivity index (χ0v) is 17.3. The Labute approximate surface area is 175 Å². The summed E-state index contributed by atoms with van der Waals surface area (Å²) in [5.41, 5.74) is 2.11. The van der Waals surface area contributed by atoms with Gasteiger partial charge < -0.3 is 20.5 Å². The van der Waals surface area contributed by atoms with Crippen LogP contribution in [0.3, 0.4) is 0 Å². The van der Waals surface area contributed by atoms with Crippen LogP contribution in [-0.4, -0.2) is 53.6 Å². The second-order valence-electron chi connectivity index (χ2n) is 7.19. The highest BCUT2D eigenvalue weighted by molar-refractivity contribution is 6.32. The number of guanidine groups is 1. The SMILES string of the molecule is CN=C(NCCCc1nc2ccccc2[nH]1)NC1CCN(c2ncccc2Cl)C1. The molecule has 0 amide bonds. The number of aromatic amines is 1. The van der Waals surface area contributed by atoms with Gasteiger partial charge in [-0.2, -0.15) is 0 Å². The van der Waals surface area contributed by atoms with E-state index in [1.54, 1.807) is 13.2 Å². The van der Waals surface area contributed by atoms with Crippen LogP contribution < -0.4 is 15.5 Å². The number of para-hydroxylation sites is 2. The smallest absolute Gasteiger partial charge is 0.191 e. The standard InChI is InChI=1S/C21H26ClN7/c1-23-21(25-12-5-9-19-27-17-7-2-3-8-18(17)28-19)26-15-10-13-29(14-15)20-16(22)6-4-11-24-20/h2-4,6-8,11,15H,5,9-10,12-14H2,1H3,(H,27,28)(H2,23,25,26). The average Bonchev–Trinajstić information content (AvgIpc) is 3.37. The summed E-state index contributed by atoms with van der Waals surface area (Å²) in [4.78, 5) is 19.0. The molecule has 29 heavy (non-hydrogen) atoms. The number of hydrogen-bond acceptors (Lipinski definition) is 4. The Morgan fingerprint density at radius 3 is 3.03 bits per heavy atom. The van der Waals surface area contributed by atoms with Crippen molar-refractivity contribution >= 4 is 34.4 Å². The molecule has 0 saturated carbocycles. The first-order chi connectivity index (χ1) is 14.2. The van der Waals surface area contributed by atoms with E-state index in [1.165, 1.54) is 0 Å². The van der Waals surface area contributed by atoms with Crippen molar-refractivity contribution in [3.05, 3.63) is 53.4 Å². The van der Waals surface area contributed by atoms with Gasteiger partial charge in [-0.15, -0.1) is 0 Å². The van der Waals surface area contributed by atoms with Crippen molar-refractivity contribution in [3.63, 3.8) is 0 Å². The van der Waals surface area contributed by atoms with Gasteiger partial charge in [-0.25, -0.2) is 9.97 Å². The lowest BCUT2D eigenvalue weighted by Gasteiger charge is -2.20. The Morgan fingerprint density at radius 2 is 2.21 bits per heavy atom. The van der Waals surface area contributed by atoms with Crippen molar-refractivity contribution < 1.29 is 0 Å². The van der Waals surface area contributed by atoms with Gasteiger partial charge in [0.2, 0.25) is 0 Å². The van der Waals surface area contributed by atoms with E-state index in [9.17, 15) is 0 Å². The Kier molecular flexibility index (Phi) is 6.14. The van der Waals surface area contributed by atoms with Gasteiger partial charge >= 0.3 is 0 Å². The molecule has 1 fully saturated rings. The maximum atomic E-state index is 6.28. The normalized spacial score (nSPS) is 17.1. The van der Waals surface area contributed by atoms with Crippen LogP contribution >= 0.6 is 11.6 Å². The first-order valence-corrected chi connectivity index (χ1v) is 10.4. The highest BCUT2D eigenvalue weighted by atomic mass is 35.5. The largest absolute Gasteiger partial charge is 0.356 e. The minimum atomic E-state index is 0.314. The minimum absolute atomic E-state index is 0.314. The Hall–Kier alpha value is -2.80. The molecule has 0 radical (unpaired) electrons. The van der Waals surface area contributed by atoms with E-state index in [2.05, 4.69) is 41.5 Å². The number of anilines is 1. The van der Waals surface area contributed by atoms with Crippen LogP contribution in [0.15, 0.2) is 47.6 Å². The molecular weight excluding hydrogens is 386 g/mol. The molecule has 152 valence electrons.